The number of rotatable bonds is 9. The molecule has 192 valence electrons. The molecule has 5 heteroatoms. The van der Waals surface area contributed by atoms with Gasteiger partial charge in [0.1, 0.15) is 6.61 Å². The van der Waals surface area contributed by atoms with E-state index in [1.165, 1.54) is 28.9 Å². The van der Waals surface area contributed by atoms with Gasteiger partial charge in [0, 0.05) is 25.1 Å². The van der Waals surface area contributed by atoms with Crippen LogP contribution in [0, 0.1) is 18.3 Å². The van der Waals surface area contributed by atoms with Crippen molar-refractivity contribution in [3.8, 4) is 17.0 Å². The standard InChI is InChI=1S/C31H40NO3P/c1-21-8-7-9-25(16-21)27-13-10-23(17-28(27)22(2)31(3,4)5)19-35-30-18-26(14-15-32-30)29(24-11-12-24)20-36(6,33)34/h7-10,13-18,22,24,29H,11-12,19-20H2,1-6H3,(H,33,34)/t22-,29+/m1/s1. The van der Waals surface area contributed by atoms with Crippen molar-refractivity contribution in [2.75, 3.05) is 12.8 Å². The van der Waals surface area contributed by atoms with E-state index >= 15 is 0 Å². The summed E-state index contributed by atoms with van der Waals surface area (Å²) in [6.07, 6.45) is 4.30. The molecule has 36 heavy (non-hydrogen) atoms. The molecule has 3 atom stereocenters. The molecule has 3 aromatic rings. The highest BCUT2D eigenvalue weighted by molar-refractivity contribution is 7.57. The maximum absolute atomic E-state index is 12.1. The van der Waals surface area contributed by atoms with E-state index in [4.69, 9.17) is 4.74 Å². The largest absolute Gasteiger partial charge is 0.473 e. The molecular formula is C31H40NO3P. The third-order valence-electron chi connectivity index (χ3n) is 7.51. The van der Waals surface area contributed by atoms with Crippen molar-refractivity contribution in [2.45, 2.75) is 65.9 Å². The van der Waals surface area contributed by atoms with Gasteiger partial charge >= 0.3 is 0 Å². The third-order valence-corrected chi connectivity index (χ3v) is 8.58. The van der Waals surface area contributed by atoms with Gasteiger partial charge in [-0.3, -0.25) is 4.57 Å². The van der Waals surface area contributed by atoms with Gasteiger partial charge in [0.2, 0.25) is 5.88 Å². The van der Waals surface area contributed by atoms with E-state index in [1.54, 1.807) is 6.20 Å². The van der Waals surface area contributed by atoms with Gasteiger partial charge in [0.25, 0.3) is 0 Å². The quantitative estimate of drug-likeness (QED) is 0.298. The molecule has 0 aliphatic heterocycles. The van der Waals surface area contributed by atoms with Gasteiger partial charge in [0.15, 0.2) is 7.37 Å². The van der Waals surface area contributed by atoms with Gasteiger partial charge in [-0.25, -0.2) is 4.98 Å². The molecule has 0 bridgehead atoms. The lowest BCUT2D eigenvalue weighted by Crippen LogP contribution is -2.16. The van der Waals surface area contributed by atoms with Gasteiger partial charge in [-0.1, -0.05) is 75.7 Å². The number of benzene rings is 2. The van der Waals surface area contributed by atoms with Crippen LogP contribution in [0.2, 0.25) is 0 Å². The van der Waals surface area contributed by atoms with Crippen molar-refractivity contribution in [1.82, 2.24) is 4.98 Å². The summed E-state index contributed by atoms with van der Waals surface area (Å²) in [5, 5.41) is 0. The Balaban J connectivity index is 1.58. The normalized spacial score (nSPS) is 17.3. The van der Waals surface area contributed by atoms with E-state index in [-0.39, 0.29) is 11.3 Å². The highest BCUT2D eigenvalue weighted by Gasteiger charge is 2.35. The van der Waals surface area contributed by atoms with Crippen LogP contribution in [0.15, 0.2) is 60.8 Å². The van der Waals surface area contributed by atoms with Crippen LogP contribution in [0.3, 0.4) is 0 Å². The zero-order valence-corrected chi connectivity index (χ0v) is 23.4. The second-order valence-corrected chi connectivity index (χ2v) is 14.2. The molecular weight excluding hydrogens is 465 g/mol. The van der Waals surface area contributed by atoms with Gasteiger partial charge < -0.3 is 9.63 Å². The summed E-state index contributed by atoms with van der Waals surface area (Å²) < 4.78 is 18.3. The Morgan fingerprint density at radius 2 is 1.86 bits per heavy atom. The first-order valence-electron chi connectivity index (χ1n) is 13.0. The predicted molar refractivity (Wildman–Crippen MR) is 149 cm³/mol. The molecule has 0 saturated heterocycles. The Morgan fingerprint density at radius 1 is 1.11 bits per heavy atom. The number of aryl methyl sites for hydroxylation is 1. The van der Waals surface area contributed by atoms with Gasteiger partial charge in [-0.05, 0) is 76.8 Å². The Kier molecular flexibility index (Phi) is 7.78. The smallest absolute Gasteiger partial charge is 0.213 e. The predicted octanol–water partition coefficient (Wildman–Crippen LogP) is 8.18. The molecule has 2 aromatic carbocycles. The zero-order valence-electron chi connectivity index (χ0n) is 22.5. The second-order valence-electron chi connectivity index (χ2n) is 11.8. The molecule has 0 amide bonds. The number of hydrogen-bond donors (Lipinski definition) is 1. The van der Waals surface area contributed by atoms with Crippen molar-refractivity contribution < 1.29 is 14.2 Å². The highest BCUT2D eigenvalue weighted by atomic mass is 31.2. The number of pyridine rings is 1. The summed E-state index contributed by atoms with van der Waals surface area (Å²) in [5.74, 6) is 1.49. The van der Waals surface area contributed by atoms with Crippen molar-refractivity contribution in [1.29, 1.82) is 0 Å². The molecule has 4 rings (SSSR count). The highest BCUT2D eigenvalue weighted by Crippen LogP contribution is 2.50. The maximum Gasteiger partial charge on any atom is 0.213 e. The fourth-order valence-corrected chi connectivity index (χ4v) is 6.12. The van der Waals surface area contributed by atoms with E-state index in [9.17, 15) is 9.46 Å². The Bertz CT molecular complexity index is 1250. The number of ether oxygens (including phenoxy) is 1. The minimum Gasteiger partial charge on any atom is -0.473 e. The van der Waals surface area contributed by atoms with Crippen LogP contribution in [-0.2, 0) is 11.2 Å². The van der Waals surface area contributed by atoms with Crippen LogP contribution < -0.4 is 4.74 Å². The minimum absolute atomic E-state index is 0.0871. The monoisotopic (exact) mass is 505 g/mol. The molecule has 1 saturated carbocycles. The molecule has 1 aliphatic carbocycles. The van der Waals surface area contributed by atoms with Crippen LogP contribution in [0.4, 0.5) is 0 Å². The first-order valence-corrected chi connectivity index (χ1v) is 15.3. The lowest BCUT2D eigenvalue weighted by Gasteiger charge is -2.30. The number of nitrogens with zero attached hydrogens (tertiary/aromatic N) is 1. The van der Waals surface area contributed by atoms with Crippen LogP contribution in [0.25, 0.3) is 11.1 Å². The van der Waals surface area contributed by atoms with Gasteiger partial charge in [-0.2, -0.15) is 0 Å². The first-order chi connectivity index (χ1) is 16.9. The summed E-state index contributed by atoms with van der Waals surface area (Å²) in [7, 11) is -3.10. The van der Waals surface area contributed by atoms with E-state index in [1.807, 2.05) is 12.1 Å². The molecule has 0 spiro atoms. The summed E-state index contributed by atoms with van der Waals surface area (Å²) in [4.78, 5) is 14.4. The molecule has 1 aromatic heterocycles. The fourth-order valence-electron chi connectivity index (χ4n) is 4.88. The maximum atomic E-state index is 12.1. The van der Waals surface area contributed by atoms with Gasteiger partial charge in [0.05, 0.1) is 0 Å². The van der Waals surface area contributed by atoms with Crippen LogP contribution >= 0.6 is 7.37 Å². The summed E-state index contributed by atoms with van der Waals surface area (Å²) in [6, 6.07) is 19.3. The van der Waals surface area contributed by atoms with E-state index in [2.05, 4.69) is 82.1 Å². The Hall–Kier alpha value is -2.42. The molecule has 1 unspecified atom stereocenters. The van der Waals surface area contributed by atoms with Crippen molar-refractivity contribution in [2.24, 2.45) is 11.3 Å². The molecule has 1 heterocycles. The third kappa shape index (κ3) is 6.87. The molecule has 4 nitrogen and oxygen atoms in total. The lowest BCUT2D eigenvalue weighted by atomic mass is 9.75. The van der Waals surface area contributed by atoms with E-state index in [0.717, 1.165) is 24.0 Å². The summed E-state index contributed by atoms with van der Waals surface area (Å²) in [5.41, 5.74) is 7.37. The van der Waals surface area contributed by atoms with Crippen LogP contribution in [0.5, 0.6) is 5.88 Å². The SMILES string of the molecule is Cc1cccc(-c2ccc(COc3cc([C@@H](CP(C)(=O)O)C4CC4)ccn3)cc2[C@@H](C)C(C)(C)C)c1. The molecule has 0 radical (unpaired) electrons. The zero-order chi connectivity index (χ0) is 26.1. The molecule has 1 aliphatic rings. The summed E-state index contributed by atoms with van der Waals surface area (Å²) >= 11 is 0. The summed E-state index contributed by atoms with van der Waals surface area (Å²) in [6.45, 7) is 13.2. The van der Waals surface area contributed by atoms with E-state index in [0.29, 0.717) is 30.5 Å². The minimum atomic E-state index is -3.10. The molecule has 1 fully saturated rings. The average molecular weight is 506 g/mol. The lowest BCUT2D eigenvalue weighted by molar-refractivity contribution is 0.292. The Morgan fingerprint density at radius 3 is 2.50 bits per heavy atom. The van der Waals surface area contributed by atoms with Gasteiger partial charge in [-0.15, -0.1) is 0 Å². The van der Waals surface area contributed by atoms with Crippen LogP contribution in [-0.4, -0.2) is 22.7 Å². The van der Waals surface area contributed by atoms with E-state index < -0.39 is 7.37 Å². The fraction of sp³-hybridized carbons (Fsp3) is 0.452. The first kappa shape index (κ1) is 26.6. The van der Waals surface area contributed by atoms with Crippen LogP contribution in [0.1, 0.15) is 74.6 Å². The van der Waals surface area contributed by atoms with Crippen molar-refractivity contribution in [3.05, 3.63) is 83.0 Å². The second kappa shape index (κ2) is 10.5. The topological polar surface area (TPSA) is 59.4 Å². The average Bonchev–Trinajstić information content (AvgIpc) is 3.65. The molecule has 1 N–H and O–H groups in total. The number of hydrogen-bond acceptors (Lipinski definition) is 3. The van der Waals surface area contributed by atoms with Crippen molar-refractivity contribution >= 4 is 7.37 Å². The number of aromatic nitrogens is 1. The van der Waals surface area contributed by atoms with Crippen molar-refractivity contribution in [3.63, 3.8) is 0 Å². The Labute approximate surface area is 216 Å².